The van der Waals surface area contributed by atoms with Crippen molar-refractivity contribution in [3.63, 3.8) is 0 Å². The van der Waals surface area contributed by atoms with Crippen LogP contribution >= 0.6 is 0 Å². The number of aromatic nitrogens is 2. The second kappa shape index (κ2) is 10.5. The Labute approximate surface area is 185 Å². The van der Waals surface area contributed by atoms with Crippen LogP contribution in [0.3, 0.4) is 0 Å². The smallest absolute Gasteiger partial charge is 0.272 e. The van der Waals surface area contributed by atoms with Gasteiger partial charge in [-0.15, -0.1) is 0 Å². The lowest BCUT2D eigenvalue weighted by Gasteiger charge is -2.14. The number of nitrogens with one attached hydrogen (secondary N) is 2. The van der Waals surface area contributed by atoms with Gasteiger partial charge in [-0.3, -0.25) is 9.59 Å². The van der Waals surface area contributed by atoms with E-state index in [4.69, 9.17) is 11.5 Å². The van der Waals surface area contributed by atoms with E-state index in [1.54, 1.807) is 43.6 Å². The predicted octanol–water partition coefficient (Wildman–Crippen LogP) is 1.38. The van der Waals surface area contributed by atoms with Gasteiger partial charge < -0.3 is 22.2 Å². The quantitative estimate of drug-likeness (QED) is 0.400. The molecule has 1 aromatic carbocycles. The van der Waals surface area contributed by atoms with Crippen molar-refractivity contribution in [3.05, 3.63) is 92.8 Å². The van der Waals surface area contributed by atoms with Gasteiger partial charge in [0.2, 0.25) is 5.91 Å². The standard InChI is InChI=1S/C23H27FN6O2/c1-15-7-9-30(29-8-6-17-10-19(24)4-3-18(17)12-25)23(32)20(15)11-22(31)28-14-16-2-5-21(26)27-13-16/h2-5,7,9-10,13,29H,6,8,11-12,14,25H2,1H3,(H2,26,27)(H,28,31). The monoisotopic (exact) mass is 438 g/mol. The highest BCUT2D eigenvalue weighted by molar-refractivity contribution is 5.78. The molecular formula is C23H27FN6O2. The normalized spacial score (nSPS) is 10.7. The number of halogens is 1. The number of benzene rings is 1. The van der Waals surface area contributed by atoms with E-state index in [2.05, 4.69) is 15.7 Å². The van der Waals surface area contributed by atoms with Gasteiger partial charge in [-0.2, -0.15) is 0 Å². The van der Waals surface area contributed by atoms with E-state index in [1.165, 1.54) is 16.8 Å². The minimum atomic E-state index is -0.326. The van der Waals surface area contributed by atoms with E-state index < -0.39 is 0 Å². The third kappa shape index (κ3) is 5.92. The summed E-state index contributed by atoms with van der Waals surface area (Å²) in [5.74, 6) is -0.190. The van der Waals surface area contributed by atoms with Gasteiger partial charge in [0, 0.05) is 37.6 Å². The summed E-state index contributed by atoms with van der Waals surface area (Å²) in [4.78, 5) is 29.3. The minimum absolute atomic E-state index is 0.0448. The molecule has 2 aromatic heterocycles. The molecule has 3 rings (SSSR count). The molecule has 2 heterocycles. The van der Waals surface area contributed by atoms with Crippen LogP contribution < -0.4 is 27.8 Å². The number of aryl methyl sites for hydroxylation is 1. The van der Waals surface area contributed by atoms with Crippen LogP contribution in [0, 0.1) is 12.7 Å². The Balaban J connectivity index is 1.62. The van der Waals surface area contributed by atoms with Crippen LogP contribution in [-0.4, -0.2) is 22.1 Å². The Kier molecular flexibility index (Phi) is 7.56. The molecular weight excluding hydrogens is 411 g/mol. The van der Waals surface area contributed by atoms with Crippen molar-refractivity contribution < 1.29 is 9.18 Å². The molecule has 0 bridgehead atoms. The number of carbonyl (C=O) groups is 1. The first kappa shape index (κ1) is 23.0. The van der Waals surface area contributed by atoms with E-state index in [0.29, 0.717) is 37.4 Å². The second-order valence-electron chi connectivity index (χ2n) is 7.47. The number of nitrogens with zero attached hydrogens (tertiary/aromatic N) is 2. The molecule has 0 unspecified atom stereocenters. The van der Waals surface area contributed by atoms with E-state index in [-0.39, 0.29) is 23.7 Å². The Hall–Kier alpha value is -3.72. The molecule has 0 saturated heterocycles. The number of carbonyl (C=O) groups excluding carboxylic acids is 1. The molecule has 1 amide bonds. The van der Waals surface area contributed by atoms with E-state index in [9.17, 15) is 14.0 Å². The van der Waals surface area contributed by atoms with Crippen molar-refractivity contribution in [3.8, 4) is 0 Å². The van der Waals surface area contributed by atoms with E-state index in [0.717, 1.165) is 22.3 Å². The van der Waals surface area contributed by atoms with Crippen molar-refractivity contribution in [1.29, 1.82) is 0 Å². The zero-order valence-corrected chi connectivity index (χ0v) is 17.9. The molecule has 0 aliphatic carbocycles. The van der Waals surface area contributed by atoms with Crippen LogP contribution in [0.25, 0.3) is 0 Å². The van der Waals surface area contributed by atoms with Crippen LogP contribution in [0.4, 0.5) is 10.2 Å². The lowest BCUT2D eigenvalue weighted by molar-refractivity contribution is -0.120. The van der Waals surface area contributed by atoms with Crippen molar-refractivity contribution in [2.75, 3.05) is 17.7 Å². The molecule has 8 nitrogen and oxygen atoms in total. The highest BCUT2D eigenvalue weighted by atomic mass is 19.1. The Morgan fingerprint density at radius 1 is 1.19 bits per heavy atom. The van der Waals surface area contributed by atoms with Crippen LogP contribution in [0.5, 0.6) is 0 Å². The number of rotatable bonds is 9. The van der Waals surface area contributed by atoms with E-state index >= 15 is 0 Å². The third-order valence-electron chi connectivity index (χ3n) is 5.17. The fraction of sp³-hybridized carbons (Fsp3) is 0.261. The first-order chi connectivity index (χ1) is 15.4. The van der Waals surface area contributed by atoms with Crippen LogP contribution in [0.15, 0.2) is 53.6 Å². The minimum Gasteiger partial charge on any atom is -0.384 e. The Morgan fingerprint density at radius 3 is 2.72 bits per heavy atom. The lowest BCUT2D eigenvalue weighted by atomic mass is 10.0. The molecule has 32 heavy (non-hydrogen) atoms. The summed E-state index contributed by atoms with van der Waals surface area (Å²) in [5.41, 5.74) is 17.6. The first-order valence-corrected chi connectivity index (χ1v) is 10.3. The molecule has 6 N–H and O–H groups in total. The Morgan fingerprint density at radius 2 is 2.00 bits per heavy atom. The molecule has 0 aliphatic heterocycles. The zero-order valence-electron chi connectivity index (χ0n) is 17.9. The highest BCUT2D eigenvalue weighted by Crippen LogP contribution is 2.11. The van der Waals surface area contributed by atoms with Crippen molar-refractivity contribution in [2.45, 2.75) is 32.9 Å². The van der Waals surface area contributed by atoms with Gasteiger partial charge in [0.05, 0.1) is 6.42 Å². The molecule has 0 saturated carbocycles. The fourth-order valence-electron chi connectivity index (χ4n) is 3.31. The summed E-state index contributed by atoms with van der Waals surface area (Å²) in [6.45, 7) is 2.79. The number of amides is 1. The molecule has 9 heteroatoms. The number of anilines is 1. The van der Waals surface area contributed by atoms with Gasteiger partial charge in [-0.25, -0.2) is 14.1 Å². The maximum atomic E-state index is 13.5. The summed E-state index contributed by atoms with van der Waals surface area (Å²) in [6, 6.07) is 9.71. The van der Waals surface area contributed by atoms with E-state index in [1.807, 2.05) is 0 Å². The van der Waals surface area contributed by atoms with Crippen molar-refractivity contribution >= 4 is 11.7 Å². The molecule has 168 valence electrons. The number of nitrogen functional groups attached to an aromatic ring is 1. The SMILES string of the molecule is Cc1ccn(NCCc2cc(F)ccc2CN)c(=O)c1CC(=O)NCc1ccc(N)nc1. The number of hydrogen-bond donors (Lipinski definition) is 4. The number of hydrogen-bond acceptors (Lipinski definition) is 6. The molecule has 0 radical (unpaired) electrons. The predicted molar refractivity (Wildman–Crippen MR) is 122 cm³/mol. The Bertz CT molecular complexity index is 1140. The third-order valence-corrected chi connectivity index (χ3v) is 5.17. The molecule has 0 aliphatic rings. The van der Waals surface area contributed by atoms with Gasteiger partial charge >= 0.3 is 0 Å². The van der Waals surface area contributed by atoms with Gasteiger partial charge in [0.1, 0.15) is 11.6 Å². The summed E-state index contributed by atoms with van der Waals surface area (Å²) in [7, 11) is 0. The molecule has 0 spiro atoms. The molecule has 3 aromatic rings. The zero-order chi connectivity index (χ0) is 23.1. The summed E-state index contributed by atoms with van der Waals surface area (Å²) < 4.78 is 14.9. The van der Waals surface area contributed by atoms with Gasteiger partial charge in [0.25, 0.3) is 5.56 Å². The van der Waals surface area contributed by atoms with Crippen LogP contribution in [0.1, 0.15) is 27.8 Å². The topological polar surface area (TPSA) is 128 Å². The molecule has 0 fully saturated rings. The van der Waals surface area contributed by atoms with Crippen LogP contribution in [0.2, 0.25) is 0 Å². The highest BCUT2D eigenvalue weighted by Gasteiger charge is 2.12. The largest absolute Gasteiger partial charge is 0.384 e. The maximum absolute atomic E-state index is 13.5. The average molecular weight is 439 g/mol. The van der Waals surface area contributed by atoms with Crippen molar-refractivity contribution in [1.82, 2.24) is 15.0 Å². The summed E-state index contributed by atoms with van der Waals surface area (Å²) in [6.07, 6.45) is 3.66. The fourth-order valence-corrected chi connectivity index (χ4v) is 3.31. The van der Waals surface area contributed by atoms with Crippen LogP contribution in [-0.2, 0) is 30.7 Å². The molecule has 0 atom stereocenters. The maximum Gasteiger partial charge on any atom is 0.272 e. The first-order valence-electron chi connectivity index (χ1n) is 10.3. The summed E-state index contributed by atoms with van der Waals surface area (Å²) in [5, 5.41) is 2.79. The van der Waals surface area contributed by atoms with Gasteiger partial charge in [-0.05, 0) is 59.9 Å². The average Bonchev–Trinajstić information content (AvgIpc) is 2.78. The van der Waals surface area contributed by atoms with Crippen molar-refractivity contribution in [2.24, 2.45) is 5.73 Å². The van der Waals surface area contributed by atoms with Gasteiger partial charge in [0.15, 0.2) is 0 Å². The number of pyridine rings is 2. The summed E-state index contributed by atoms with van der Waals surface area (Å²) >= 11 is 0. The van der Waals surface area contributed by atoms with Gasteiger partial charge in [-0.1, -0.05) is 12.1 Å². The second-order valence-corrected chi connectivity index (χ2v) is 7.47. The number of nitrogens with two attached hydrogens (primary N) is 2. The lowest BCUT2D eigenvalue weighted by Crippen LogP contribution is -2.35.